The molecule has 0 aliphatic heterocycles. The lowest BCUT2D eigenvalue weighted by atomic mass is 10.1. The fraction of sp³-hybridized carbons (Fsp3) is 0.286. The molecular formula is C14H17N3O. The summed E-state index contributed by atoms with van der Waals surface area (Å²) in [7, 11) is 1.66. The second-order valence-electron chi connectivity index (χ2n) is 3.95. The fourth-order valence-electron chi connectivity index (χ4n) is 1.84. The summed E-state index contributed by atoms with van der Waals surface area (Å²) in [6.07, 6.45) is 1.59. The van der Waals surface area contributed by atoms with E-state index in [2.05, 4.69) is 22.2 Å². The average molecular weight is 243 g/mol. The molecule has 1 heterocycles. The summed E-state index contributed by atoms with van der Waals surface area (Å²) >= 11 is 0. The van der Waals surface area contributed by atoms with Crippen LogP contribution in [-0.4, -0.2) is 23.6 Å². The Morgan fingerprint density at radius 3 is 2.50 bits per heavy atom. The van der Waals surface area contributed by atoms with E-state index in [1.165, 1.54) is 0 Å². The number of hydrogen-bond donors (Lipinski definition) is 1. The van der Waals surface area contributed by atoms with Gasteiger partial charge in [0.2, 0.25) is 0 Å². The van der Waals surface area contributed by atoms with Crippen LogP contribution in [0.3, 0.4) is 0 Å². The van der Waals surface area contributed by atoms with Crippen LogP contribution in [0.4, 0.5) is 5.82 Å². The minimum Gasteiger partial charge on any atom is -0.497 e. The van der Waals surface area contributed by atoms with Crippen molar-refractivity contribution in [2.75, 3.05) is 19.0 Å². The fourth-order valence-corrected chi connectivity index (χ4v) is 1.84. The summed E-state index contributed by atoms with van der Waals surface area (Å²) in [5.41, 5.74) is 3.07. The second kappa shape index (κ2) is 5.49. The lowest BCUT2D eigenvalue weighted by Gasteiger charge is -2.10. The first-order valence-electron chi connectivity index (χ1n) is 5.96. The number of nitrogens with one attached hydrogen (secondary N) is 1. The van der Waals surface area contributed by atoms with Gasteiger partial charge >= 0.3 is 0 Å². The Hall–Kier alpha value is -2.10. The summed E-state index contributed by atoms with van der Waals surface area (Å²) in [6, 6.07) is 7.88. The van der Waals surface area contributed by atoms with Gasteiger partial charge in [0.1, 0.15) is 17.9 Å². The minimum absolute atomic E-state index is 0.845. The van der Waals surface area contributed by atoms with E-state index >= 15 is 0 Å². The van der Waals surface area contributed by atoms with Crippen molar-refractivity contribution in [2.24, 2.45) is 0 Å². The molecule has 2 aromatic rings. The normalized spacial score (nSPS) is 10.2. The van der Waals surface area contributed by atoms with Gasteiger partial charge in [0, 0.05) is 17.7 Å². The van der Waals surface area contributed by atoms with Crippen LogP contribution >= 0.6 is 0 Å². The largest absolute Gasteiger partial charge is 0.497 e. The van der Waals surface area contributed by atoms with Gasteiger partial charge in [-0.2, -0.15) is 0 Å². The molecule has 18 heavy (non-hydrogen) atoms. The molecule has 1 aromatic carbocycles. The van der Waals surface area contributed by atoms with Crippen LogP contribution < -0.4 is 10.1 Å². The number of benzene rings is 1. The lowest BCUT2D eigenvalue weighted by molar-refractivity contribution is 0.415. The van der Waals surface area contributed by atoms with Crippen LogP contribution in [0.5, 0.6) is 5.75 Å². The molecule has 0 saturated heterocycles. The third-order valence-corrected chi connectivity index (χ3v) is 2.79. The lowest BCUT2D eigenvalue weighted by Crippen LogP contribution is -2.03. The highest BCUT2D eigenvalue weighted by molar-refractivity contribution is 5.68. The predicted molar refractivity (Wildman–Crippen MR) is 72.9 cm³/mol. The first-order chi connectivity index (χ1) is 8.76. The molecule has 0 saturated carbocycles. The Bertz CT molecular complexity index is 523. The molecule has 4 heteroatoms. The Balaban J connectivity index is 2.40. The van der Waals surface area contributed by atoms with Crippen LogP contribution in [0.2, 0.25) is 0 Å². The van der Waals surface area contributed by atoms with Gasteiger partial charge in [0.25, 0.3) is 0 Å². The molecule has 0 amide bonds. The molecule has 1 N–H and O–H groups in total. The molecule has 0 unspecified atom stereocenters. The molecule has 0 atom stereocenters. The SMILES string of the molecule is CCNc1ncnc(-c2ccc(OC)cc2)c1C. The van der Waals surface area contributed by atoms with Gasteiger partial charge < -0.3 is 10.1 Å². The monoisotopic (exact) mass is 243 g/mol. The molecule has 2 rings (SSSR count). The van der Waals surface area contributed by atoms with E-state index in [1.54, 1.807) is 13.4 Å². The van der Waals surface area contributed by atoms with E-state index in [1.807, 2.05) is 31.2 Å². The molecule has 4 nitrogen and oxygen atoms in total. The Morgan fingerprint density at radius 2 is 1.89 bits per heavy atom. The molecule has 0 aliphatic rings. The maximum absolute atomic E-state index is 5.15. The van der Waals surface area contributed by atoms with E-state index < -0.39 is 0 Å². The third-order valence-electron chi connectivity index (χ3n) is 2.79. The van der Waals surface area contributed by atoms with Gasteiger partial charge in [0.05, 0.1) is 12.8 Å². The number of aromatic nitrogens is 2. The van der Waals surface area contributed by atoms with Crippen molar-refractivity contribution in [2.45, 2.75) is 13.8 Å². The van der Waals surface area contributed by atoms with Crippen LogP contribution in [0.15, 0.2) is 30.6 Å². The number of anilines is 1. The predicted octanol–water partition coefficient (Wildman–Crippen LogP) is 2.89. The molecule has 0 radical (unpaired) electrons. The van der Waals surface area contributed by atoms with E-state index in [-0.39, 0.29) is 0 Å². The topological polar surface area (TPSA) is 47.0 Å². The van der Waals surface area contributed by atoms with Crippen molar-refractivity contribution < 1.29 is 4.74 Å². The standard InChI is InChI=1S/C14H17N3O/c1-4-15-14-10(2)13(16-9-17-14)11-5-7-12(18-3)8-6-11/h5-9H,4H2,1-3H3,(H,15,16,17). The highest BCUT2D eigenvalue weighted by atomic mass is 16.5. The Morgan fingerprint density at radius 1 is 1.17 bits per heavy atom. The van der Waals surface area contributed by atoms with Gasteiger partial charge in [-0.1, -0.05) is 0 Å². The van der Waals surface area contributed by atoms with Crippen LogP contribution in [-0.2, 0) is 0 Å². The zero-order chi connectivity index (χ0) is 13.0. The molecular weight excluding hydrogens is 226 g/mol. The molecule has 94 valence electrons. The molecule has 0 bridgehead atoms. The van der Waals surface area contributed by atoms with E-state index in [9.17, 15) is 0 Å². The van der Waals surface area contributed by atoms with Crippen molar-refractivity contribution >= 4 is 5.82 Å². The van der Waals surface area contributed by atoms with Crippen molar-refractivity contribution in [3.05, 3.63) is 36.2 Å². The third kappa shape index (κ3) is 2.42. The van der Waals surface area contributed by atoms with Crippen LogP contribution in [0.1, 0.15) is 12.5 Å². The smallest absolute Gasteiger partial charge is 0.132 e. The zero-order valence-electron chi connectivity index (χ0n) is 10.9. The quantitative estimate of drug-likeness (QED) is 0.897. The van der Waals surface area contributed by atoms with Gasteiger partial charge in [-0.05, 0) is 38.1 Å². The summed E-state index contributed by atoms with van der Waals surface area (Å²) in [4.78, 5) is 8.60. The number of rotatable bonds is 4. The van der Waals surface area contributed by atoms with Crippen molar-refractivity contribution in [3.63, 3.8) is 0 Å². The summed E-state index contributed by atoms with van der Waals surface area (Å²) in [6.45, 7) is 4.92. The average Bonchev–Trinajstić information content (AvgIpc) is 2.42. The van der Waals surface area contributed by atoms with Crippen molar-refractivity contribution in [1.29, 1.82) is 0 Å². The van der Waals surface area contributed by atoms with Crippen LogP contribution in [0.25, 0.3) is 11.3 Å². The summed E-state index contributed by atoms with van der Waals surface area (Å²) in [5, 5.41) is 3.23. The van der Waals surface area contributed by atoms with Crippen molar-refractivity contribution in [1.82, 2.24) is 9.97 Å². The van der Waals surface area contributed by atoms with Gasteiger partial charge in [-0.25, -0.2) is 9.97 Å². The van der Waals surface area contributed by atoms with Crippen molar-refractivity contribution in [3.8, 4) is 17.0 Å². The highest BCUT2D eigenvalue weighted by Gasteiger charge is 2.08. The zero-order valence-corrected chi connectivity index (χ0v) is 10.9. The summed E-state index contributed by atoms with van der Waals surface area (Å²) in [5.74, 6) is 1.73. The maximum atomic E-state index is 5.15. The second-order valence-corrected chi connectivity index (χ2v) is 3.95. The number of methoxy groups -OCH3 is 1. The number of nitrogens with zero attached hydrogens (tertiary/aromatic N) is 2. The maximum Gasteiger partial charge on any atom is 0.132 e. The molecule has 0 aliphatic carbocycles. The van der Waals surface area contributed by atoms with Gasteiger partial charge in [-0.15, -0.1) is 0 Å². The van der Waals surface area contributed by atoms with Crippen LogP contribution in [0, 0.1) is 6.92 Å². The first kappa shape index (κ1) is 12.4. The minimum atomic E-state index is 0.845. The Labute approximate surface area is 107 Å². The first-order valence-corrected chi connectivity index (χ1v) is 5.96. The molecule has 0 fully saturated rings. The molecule has 0 spiro atoms. The number of hydrogen-bond acceptors (Lipinski definition) is 4. The van der Waals surface area contributed by atoms with E-state index in [0.717, 1.165) is 34.9 Å². The highest BCUT2D eigenvalue weighted by Crippen LogP contribution is 2.26. The van der Waals surface area contributed by atoms with E-state index in [4.69, 9.17) is 4.74 Å². The van der Waals surface area contributed by atoms with E-state index in [0.29, 0.717) is 0 Å². The van der Waals surface area contributed by atoms with Gasteiger partial charge in [0.15, 0.2) is 0 Å². The number of ether oxygens (including phenoxy) is 1. The van der Waals surface area contributed by atoms with Gasteiger partial charge in [-0.3, -0.25) is 0 Å². The Kier molecular flexibility index (Phi) is 3.77. The summed E-state index contributed by atoms with van der Waals surface area (Å²) < 4.78 is 5.15. The molecule has 1 aromatic heterocycles.